The maximum absolute atomic E-state index is 13.0. The molecule has 2 aromatic heterocycles. The first-order chi connectivity index (χ1) is 14.5. The molecule has 2 unspecified atom stereocenters. The number of hydrogen-bond acceptors (Lipinski definition) is 3. The average Bonchev–Trinajstić information content (AvgIpc) is 3.14. The predicted molar refractivity (Wildman–Crippen MR) is 124 cm³/mol. The van der Waals surface area contributed by atoms with Crippen molar-refractivity contribution in [2.45, 2.75) is 39.4 Å². The Balaban J connectivity index is 1.39. The number of rotatable bonds is 3. The Hall–Kier alpha value is -2.23. The highest BCUT2D eigenvalue weighted by atomic mass is 31.1. The summed E-state index contributed by atoms with van der Waals surface area (Å²) < 4.78 is 2.08. The molecule has 6 heteroatoms. The smallest absolute Gasteiger partial charge is 0.252 e. The van der Waals surface area contributed by atoms with Gasteiger partial charge in [-0.25, -0.2) is 4.98 Å². The third-order valence-corrected chi connectivity index (χ3v) is 8.07. The lowest BCUT2D eigenvalue weighted by Gasteiger charge is -2.37. The molecule has 3 aliphatic rings. The van der Waals surface area contributed by atoms with Crippen molar-refractivity contribution in [1.29, 1.82) is 0 Å². The largest absolute Gasteiger partial charge is 0.306 e. The van der Waals surface area contributed by atoms with Gasteiger partial charge in [-0.05, 0) is 80.3 Å². The Labute approximate surface area is 179 Å². The Morgan fingerprint density at radius 3 is 2.77 bits per heavy atom. The number of carbonyl (C=O) groups is 1. The molecule has 2 aromatic rings. The lowest BCUT2D eigenvalue weighted by molar-refractivity contribution is -0.123. The summed E-state index contributed by atoms with van der Waals surface area (Å²) in [6, 6.07) is 2.17. The van der Waals surface area contributed by atoms with E-state index in [1.54, 1.807) is 0 Å². The highest BCUT2D eigenvalue weighted by Crippen LogP contribution is 2.45. The van der Waals surface area contributed by atoms with Crippen LogP contribution >= 0.6 is 8.58 Å². The third-order valence-electron chi connectivity index (χ3n) is 6.56. The molecule has 1 amide bonds. The maximum Gasteiger partial charge on any atom is 0.252 e. The van der Waals surface area contributed by atoms with Crippen molar-refractivity contribution in [3.8, 4) is 0 Å². The molecule has 0 aromatic carbocycles. The van der Waals surface area contributed by atoms with Gasteiger partial charge in [0.1, 0.15) is 5.65 Å². The van der Waals surface area contributed by atoms with Gasteiger partial charge in [-0.2, -0.15) is 0 Å². The van der Waals surface area contributed by atoms with E-state index in [9.17, 15) is 4.79 Å². The van der Waals surface area contributed by atoms with Gasteiger partial charge < -0.3 is 14.2 Å². The standard InChI is InChI=1S/C24H29N4OP/c1-4-26-9-7-18(8-10-26)19-5-6-23-28(15-19)22(29)12-21(30-23)20-11-16(2)24-25-17(3)13-27(24)14-20/h5-6,11-15,18,23,30H,4,7-10H2,1-3H3. The summed E-state index contributed by atoms with van der Waals surface area (Å²) >= 11 is 0. The minimum Gasteiger partial charge on any atom is -0.306 e. The molecule has 0 saturated carbocycles. The third kappa shape index (κ3) is 3.55. The van der Waals surface area contributed by atoms with Crippen molar-refractivity contribution >= 4 is 25.4 Å². The fraction of sp³-hybridized carbons (Fsp3) is 0.417. The monoisotopic (exact) mass is 420 g/mol. The lowest BCUT2D eigenvalue weighted by atomic mass is 9.88. The zero-order chi connectivity index (χ0) is 20.8. The number of amides is 1. The molecule has 0 N–H and O–H groups in total. The number of imidazole rings is 1. The molecule has 5 nitrogen and oxygen atoms in total. The summed E-state index contributed by atoms with van der Waals surface area (Å²) in [5.41, 5.74) is 5.58. The van der Waals surface area contributed by atoms with Gasteiger partial charge >= 0.3 is 0 Å². The summed E-state index contributed by atoms with van der Waals surface area (Å²) in [6.07, 6.45) is 15.0. The van der Waals surface area contributed by atoms with Gasteiger partial charge in [0.15, 0.2) is 0 Å². The van der Waals surface area contributed by atoms with Gasteiger partial charge in [0.05, 0.1) is 11.5 Å². The van der Waals surface area contributed by atoms with Crippen molar-refractivity contribution in [3.63, 3.8) is 0 Å². The fourth-order valence-corrected chi connectivity index (χ4v) is 6.19. The highest BCUT2D eigenvalue weighted by molar-refractivity contribution is 7.51. The summed E-state index contributed by atoms with van der Waals surface area (Å²) in [7, 11) is 0.548. The van der Waals surface area contributed by atoms with Gasteiger partial charge in [0.25, 0.3) is 5.91 Å². The molecule has 5 rings (SSSR count). The summed E-state index contributed by atoms with van der Waals surface area (Å²) in [4.78, 5) is 22.1. The molecular weight excluding hydrogens is 391 g/mol. The van der Waals surface area contributed by atoms with Crippen LogP contribution in [0.15, 0.2) is 48.5 Å². The van der Waals surface area contributed by atoms with Gasteiger partial charge in [0.2, 0.25) is 0 Å². The Morgan fingerprint density at radius 2 is 2.00 bits per heavy atom. The molecule has 5 heterocycles. The molecule has 0 aliphatic carbocycles. The quantitative estimate of drug-likeness (QED) is 0.695. The van der Waals surface area contributed by atoms with Crippen LogP contribution in [0.2, 0.25) is 0 Å². The van der Waals surface area contributed by atoms with Gasteiger partial charge in [-0.3, -0.25) is 4.79 Å². The van der Waals surface area contributed by atoms with Crippen LogP contribution in [-0.4, -0.2) is 50.5 Å². The van der Waals surface area contributed by atoms with E-state index in [-0.39, 0.29) is 11.7 Å². The van der Waals surface area contributed by atoms with Crippen LogP contribution in [0, 0.1) is 19.8 Å². The van der Waals surface area contributed by atoms with E-state index in [1.807, 2.05) is 24.1 Å². The number of pyridine rings is 1. The van der Waals surface area contributed by atoms with Crippen LogP contribution in [0.25, 0.3) is 11.0 Å². The van der Waals surface area contributed by atoms with Crippen molar-refractivity contribution in [2.75, 3.05) is 19.6 Å². The van der Waals surface area contributed by atoms with Crippen LogP contribution in [0.4, 0.5) is 0 Å². The molecule has 1 fully saturated rings. The molecular formula is C24H29N4OP. The van der Waals surface area contributed by atoms with E-state index in [0.29, 0.717) is 14.5 Å². The van der Waals surface area contributed by atoms with Crippen molar-refractivity contribution < 1.29 is 4.79 Å². The number of hydrogen-bond donors (Lipinski definition) is 0. The van der Waals surface area contributed by atoms with Crippen molar-refractivity contribution in [3.05, 3.63) is 65.3 Å². The van der Waals surface area contributed by atoms with E-state index in [2.05, 4.69) is 58.7 Å². The SMILES string of the molecule is CCN1CCC(C2=CN3C(=O)C=C(c4cc(C)c5nc(C)cn5c4)PC3C=C2)CC1. The number of likely N-dealkylation sites (tertiary alicyclic amines) is 1. The molecule has 0 radical (unpaired) electrons. The molecule has 3 aliphatic heterocycles. The lowest BCUT2D eigenvalue weighted by Crippen LogP contribution is -2.38. The topological polar surface area (TPSA) is 40.8 Å². The number of carbonyl (C=O) groups excluding carboxylic acids is 1. The van der Waals surface area contributed by atoms with Gasteiger partial charge in [-0.15, -0.1) is 0 Å². The molecule has 0 bridgehead atoms. The van der Waals surface area contributed by atoms with E-state index < -0.39 is 0 Å². The van der Waals surface area contributed by atoms with Crippen LogP contribution < -0.4 is 0 Å². The van der Waals surface area contributed by atoms with E-state index in [1.165, 1.54) is 18.4 Å². The Morgan fingerprint density at radius 1 is 1.20 bits per heavy atom. The fourth-order valence-electron chi connectivity index (χ4n) is 4.83. The number of fused-ring (bicyclic) bond motifs is 2. The van der Waals surface area contributed by atoms with Crippen LogP contribution in [0.3, 0.4) is 0 Å². The first kappa shape index (κ1) is 19.7. The minimum absolute atomic E-state index is 0.0983. The predicted octanol–water partition coefficient (Wildman–Crippen LogP) is 4.32. The number of aromatic nitrogens is 2. The average molecular weight is 420 g/mol. The van der Waals surface area contributed by atoms with Crippen molar-refractivity contribution in [1.82, 2.24) is 19.2 Å². The number of nitrogens with zero attached hydrogens (tertiary/aromatic N) is 4. The highest BCUT2D eigenvalue weighted by Gasteiger charge is 2.31. The second-order valence-corrected chi connectivity index (χ2v) is 10.0. The van der Waals surface area contributed by atoms with Gasteiger partial charge in [-0.1, -0.05) is 27.7 Å². The Bertz CT molecular complexity index is 1090. The van der Waals surface area contributed by atoms with Gasteiger partial charge in [0, 0.05) is 24.7 Å². The number of allylic oxidation sites excluding steroid dienone is 2. The van der Waals surface area contributed by atoms with Crippen molar-refractivity contribution in [2.24, 2.45) is 5.92 Å². The second-order valence-electron chi connectivity index (χ2n) is 8.61. The van der Waals surface area contributed by atoms with Crippen LogP contribution in [-0.2, 0) is 4.79 Å². The summed E-state index contributed by atoms with van der Waals surface area (Å²) in [6.45, 7) is 9.78. The van der Waals surface area contributed by atoms with Crippen LogP contribution in [0.5, 0.6) is 0 Å². The molecule has 30 heavy (non-hydrogen) atoms. The second kappa shape index (κ2) is 7.79. The minimum atomic E-state index is 0.0983. The van der Waals surface area contributed by atoms with E-state index in [0.717, 1.165) is 47.4 Å². The first-order valence-electron chi connectivity index (χ1n) is 10.9. The molecule has 0 spiro atoms. The number of aryl methyl sites for hydroxylation is 2. The summed E-state index contributed by atoms with van der Waals surface area (Å²) in [5, 5.41) is 1.13. The molecule has 1 saturated heterocycles. The van der Waals surface area contributed by atoms with E-state index in [4.69, 9.17) is 0 Å². The first-order valence-corrected chi connectivity index (χ1v) is 12.0. The van der Waals surface area contributed by atoms with Crippen LogP contribution in [0.1, 0.15) is 36.6 Å². The zero-order valence-corrected chi connectivity index (χ0v) is 18.9. The maximum atomic E-state index is 13.0. The Kier molecular flexibility index (Phi) is 5.12. The normalized spacial score (nSPS) is 23.8. The molecule has 156 valence electrons. The number of piperidine rings is 1. The molecule has 2 atom stereocenters. The zero-order valence-electron chi connectivity index (χ0n) is 17.9. The summed E-state index contributed by atoms with van der Waals surface area (Å²) in [5.74, 6) is 0.805. The van der Waals surface area contributed by atoms with E-state index >= 15 is 0 Å².